The van der Waals surface area contributed by atoms with Crippen LogP contribution in [0.4, 0.5) is 0 Å². The summed E-state index contributed by atoms with van der Waals surface area (Å²) in [7, 11) is 0. The number of nitrogens with zero attached hydrogens (tertiary/aromatic N) is 2. The largest absolute Gasteiger partial charge is 0.490 e. The first-order chi connectivity index (χ1) is 12.8. The van der Waals surface area contributed by atoms with Crippen molar-refractivity contribution < 1.29 is 14.0 Å². The van der Waals surface area contributed by atoms with E-state index in [1.165, 1.54) is 17.5 Å². The van der Waals surface area contributed by atoms with Crippen LogP contribution in [0.1, 0.15) is 31.4 Å². The second-order valence-corrected chi connectivity index (χ2v) is 6.25. The monoisotopic (exact) mass is 350 g/mol. The van der Waals surface area contributed by atoms with Gasteiger partial charge in [-0.1, -0.05) is 23.4 Å². The van der Waals surface area contributed by atoms with Crippen LogP contribution in [0.3, 0.4) is 0 Å². The molecule has 134 valence electrons. The highest BCUT2D eigenvalue weighted by Gasteiger charge is 2.20. The Balaban J connectivity index is 1.68. The Morgan fingerprint density at radius 1 is 1.00 bits per heavy atom. The van der Waals surface area contributed by atoms with E-state index < -0.39 is 0 Å². The van der Waals surface area contributed by atoms with Gasteiger partial charge in [-0.2, -0.15) is 4.98 Å². The molecule has 0 N–H and O–H groups in total. The summed E-state index contributed by atoms with van der Waals surface area (Å²) >= 11 is 0. The Bertz CT molecular complexity index is 917. The number of benzene rings is 2. The number of rotatable bonds is 6. The lowest BCUT2D eigenvalue weighted by Gasteiger charge is -2.11. The minimum Gasteiger partial charge on any atom is -0.490 e. The summed E-state index contributed by atoms with van der Waals surface area (Å²) in [5.74, 6) is 2.54. The first-order valence-corrected chi connectivity index (χ1v) is 9.15. The fraction of sp³-hybridized carbons (Fsp3) is 0.333. The van der Waals surface area contributed by atoms with Gasteiger partial charge in [0.25, 0.3) is 5.89 Å². The van der Waals surface area contributed by atoms with Crippen molar-refractivity contribution in [3.63, 3.8) is 0 Å². The van der Waals surface area contributed by atoms with E-state index in [-0.39, 0.29) is 0 Å². The molecule has 0 aliphatic heterocycles. The third kappa shape index (κ3) is 3.05. The lowest BCUT2D eigenvalue weighted by atomic mass is 10.0. The van der Waals surface area contributed by atoms with Crippen molar-refractivity contribution in [2.75, 3.05) is 13.2 Å². The maximum Gasteiger partial charge on any atom is 0.258 e. The number of ether oxygens (including phenoxy) is 2. The molecule has 0 fully saturated rings. The molecule has 1 aromatic heterocycles. The molecule has 0 amide bonds. The highest BCUT2D eigenvalue weighted by Crippen LogP contribution is 2.35. The predicted octanol–water partition coefficient (Wildman–Crippen LogP) is 4.69. The molecule has 0 saturated heterocycles. The van der Waals surface area contributed by atoms with Gasteiger partial charge in [-0.05, 0) is 62.4 Å². The fourth-order valence-corrected chi connectivity index (χ4v) is 3.46. The summed E-state index contributed by atoms with van der Waals surface area (Å²) in [6.45, 7) is 5.05. The van der Waals surface area contributed by atoms with Gasteiger partial charge in [0.05, 0.1) is 13.2 Å². The van der Waals surface area contributed by atoms with E-state index in [0.29, 0.717) is 30.7 Å². The van der Waals surface area contributed by atoms with Crippen LogP contribution in [0, 0.1) is 0 Å². The van der Waals surface area contributed by atoms with Gasteiger partial charge >= 0.3 is 0 Å². The zero-order valence-corrected chi connectivity index (χ0v) is 15.1. The smallest absolute Gasteiger partial charge is 0.258 e. The second-order valence-electron chi connectivity index (χ2n) is 6.25. The van der Waals surface area contributed by atoms with Gasteiger partial charge in [0.1, 0.15) is 0 Å². The van der Waals surface area contributed by atoms with Crippen molar-refractivity contribution in [3.05, 3.63) is 47.5 Å². The van der Waals surface area contributed by atoms with Gasteiger partial charge in [-0.25, -0.2) is 0 Å². The van der Waals surface area contributed by atoms with E-state index in [9.17, 15) is 0 Å². The number of aryl methyl sites for hydroxylation is 1. The molecule has 1 aliphatic rings. The average Bonchev–Trinajstić information content (AvgIpc) is 3.33. The molecular weight excluding hydrogens is 328 g/mol. The van der Waals surface area contributed by atoms with E-state index in [4.69, 9.17) is 14.0 Å². The highest BCUT2D eigenvalue weighted by atomic mass is 16.5. The number of fused-ring (bicyclic) bond motifs is 1. The second kappa shape index (κ2) is 7.20. The lowest BCUT2D eigenvalue weighted by molar-refractivity contribution is 0.288. The first kappa shape index (κ1) is 16.6. The summed E-state index contributed by atoms with van der Waals surface area (Å²) < 4.78 is 16.8. The normalized spacial score (nSPS) is 12.8. The Hall–Kier alpha value is -2.82. The average molecular weight is 350 g/mol. The minimum atomic E-state index is 0.486. The summed E-state index contributed by atoms with van der Waals surface area (Å²) in [6, 6.07) is 12.0. The van der Waals surface area contributed by atoms with Crippen molar-refractivity contribution in [2.24, 2.45) is 0 Å². The van der Waals surface area contributed by atoms with Crippen LogP contribution in [0.5, 0.6) is 11.5 Å². The quantitative estimate of drug-likeness (QED) is 0.645. The third-order valence-corrected chi connectivity index (χ3v) is 4.60. The van der Waals surface area contributed by atoms with Crippen LogP contribution in [-0.2, 0) is 12.8 Å². The molecule has 0 spiro atoms. The van der Waals surface area contributed by atoms with Gasteiger partial charge < -0.3 is 14.0 Å². The molecule has 0 unspecified atom stereocenters. The molecule has 0 bridgehead atoms. The molecule has 1 heterocycles. The molecule has 0 atom stereocenters. The van der Waals surface area contributed by atoms with Gasteiger partial charge in [0.15, 0.2) is 11.5 Å². The predicted molar refractivity (Wildman–Crippen MR) is 99.5 cm³/mol. The zero-order valence-electron chi connectivity index (χ0n) is 15.1. The molecule has 1 aliphatic carbocycles. The molecule has 5 heteroatoms. The third-order valence-electron chi connectivity index (χ3n) is 4.60. The molecule has 0 saturated carbocycles. The molecule has 26 heavy (non-hydrogen) atoms. The SMILES string of the molecule is CCOc1ccc(-c2nc(-c3cccc4c3CCC4)no2)cc1OCC. The molecule has 0 radical (unpaired) electrons. The van der Waals surface area contributed by atoms with E-state index in [0.717, 1.165) is 29.7 Å². The van der Waals surface area contributed by atoms with Crippen molar-refractivity contribution in [3.8, 4) is 34.3 Å². The van der Waals surface area contributed by atoms with E-state index >= 15 is 0 Å². The number of hydrogen-bond donors (Lipinski definition) is 0. The summed E-state index contributed by atoms with van der Waals surface area (Å²) in [4.78, 5) is 4.63. The fourth-order valence-electron chi connectivity index (χ4n) is 3.46. The summed E-state index contributed by atoms with van der Waals surface area (Å²) in [6.07, 6.45) is 3.39. The maximum absolute atomic E-state index is 5.69. The Kier molecular flexibility index (Phi) is 4.61. The van der Waals surface area contributed by atoms with Gasteiger partial charge in [-0.15, -0.1) is 0 Å². The maximum atomic E-state index is 5.69. The number of aromatic nitrogens is 2. The standard InChI is InChI=1S/C21H22N2O3/c1-3-24-18-12-11-15(13-19(18)25-4-2)21-22-20(23-26-21)17-10-6-8-14-7-5-9-16(14)17/h6,8,10-13H,3-5,7,9H2,1-2H3. The van der Waals surface area contributed by atoms with E-state index in [1.807, 2.05) is 32.0 Å². The van der Waals surface area contributed by atoms with Gasteiger partial charge in [0.2, 0.25) is 5.82 Å². The van der Waals surface area contributed by atoms with Gasteiger partial charge in [0, 0.05) is 11.1 Å². The van der Waals surface area contributed by atoms with Crippen molar-refractivity contribution in [1.82, 2.24) is 10.1 Å². The van der Waals surface area contributed by atoms with E-state index in [2.05, 4.69) is 28.3 Å². The van der Waals surface area contributed by atoms with Gasteiger partial charge in [-0.3, -0.25) is 0 Å². The minimum absolute atomic E-state index is 0.486. The molecule has 4 rings (SSSR count). The first-order valence-electron chi connectivity index (χ1n) is 9.15. The van der Waals surface area contributed by atoms with Crippen LogP contribution in [-0.4, -0.2) is 23.4 Å². The zero-order chi connectivity index (χ0) is 17.9. The topological polar surface area (TPSA) is 57.4 Å². The van der Waals surface area contributed by atoms with Crippen molar-refractivity contribution in [1.29, 1.82) is 0 Å². The number of hydrogen-bond acceptors (Lipinski definition) is 5. The molecule has 3 aromatic rings. The molecule has 5 nitrogen and oxygen atoms in total. The van der Waals surface area contributed by atoms with Crippen LogP contribution in [0.25, 0.3) is 22.8 Å². The highest BCUT2D eigenvalue weighted by molar-refractivity contribution is 5.66. The van der Waals surface area contributed by atoms with Crippen LogP contribution in [0.15, 0.2) is 40.9 Å². The van der Waals surface area contributed by atoms with Crippen molar-refractivity contribution >= 4 is 0 Å². The summed E-state index contributed by atoms with van der Waals surface area (Å²) in [5.41, 5.74) is 4.64. The van der Waals surface area contributed by atoms with Crippen LogP contribution >= 0.6 is 0 Å². The molecular formula is C21H22N2O3. The van der Waals surface area contributed by atoms with Crippen LogP contribution in [0.2, 0.25) is 0 Å². The lowest BCUT2D eigenvalue weighted by Crippen LogP contribution is -1.98. The Morgan fingerprint density at radius 3 is 2.69 bits per heavy atom. The Labute approximate surface area is 153 Å². The van der Waals surface area contributed by atoms with E-state index in [1.54, 1.807) is 0 Å². The summed E-state index contributed by atoms with van der Waals surface area (Å²) in [5, 5.41) is 4.22. The van der Waals surface area contributed by atoms with Crippen molar-refractivity contribution in [2.45, 2.75) is 33.1 Å². The van der Waals surface area contributed by atoms with Crippen LogP contribution < -0.4 is 9.47 Å². The molecule has 2 aromatic carbocycles. The Morgan fingerprint density at radius 2 is 1.85 bits per heavy atom.